The van der Waals surface area contributed by atoms with Crippen LogP contribution in [-0.2, 0) is 42.9 Å². The van der Waals surface area contributed by atoms with Crippen LogP contribution in [-0.4, -0.2) is 71.8 Å². The number of ether oxygens (including phenoxy) is 5. The van der Waals surface area contributed by atoms with Gasteiger partial charge in [-0.1, -0.05) is 0 Å². The Hall–Kier alpha value is -2.21. The lowest BCUT2D eigenvalue weighted by Crippen LogP contribution is -2.61. The van der Waals surface area contributed by atoms with E-state index >= 15 is 0 Å². The molecule has 2 aliphatic rings. The third-order valence-electron chi connectivity index (χ3n) is 3.91. The third-order valence-corrected chi connectivity index (χ3v) is 5.33. The summed E-state index contributed by atoms with van der Waals surface area (Å²) in [5.41, 5.74) is -1.37. The molecule has 1 fully saturated rings. The molecule has 0 bridgehead atoms. The second-order valence-corrected chi connectivity index (χ2v) is 7.88. The molecule has 2 heterocycles. The van der Waals surface area contributed by atoms with Crippen LogP contribution in [0.25, 0.3) is 0 Å². The molecule has 162 valence electrons. The number of nitrogens with zero attached hydrogens (tertiary/aromatic N) is 2. The quantitative estimate of drug-likeness (QED) is 0.403. The van der Waals surface area contributed by atoms with Gasteiger partial charge in [-0.25, -0.2) is 0 Å². The average Bonchev–Trinajstić information content (AvgIpc) is 3.32. The molecule has 0 spiro atoms. The zero-order valence-electron chi connectivity index (χ0n) is 16.8. The number of hydrogen-bond donors (Lipinski definition) is 0. The number of carbonyl (C=O) groups excluding carboxylic acids is 4. The monoisotopic (exact) mass is 432 g/mol. The Balaban J connectivity index is 2.32. The predicted octanol–water partition coefficient (Wildman–Crippen LogP) is 0.985. The maximum atomic E-state index is 11.7. The fraction of sp³-hybridized carbons (Fsp3) is 0.765. The second-order valence-electron chi connectivity index (χ2n) is 6.80. The van der Waals surface area contributed by atoms with Gasteiger partial charge in [-0.05, 0) is 6.92 Å². The van der Waals surface area contributed by atoms with Crippen molar-refractivity contribution in [1.29, 1.82) is 0 Å². The van der Waals surface area contributed by atoms with Crippen molar-refractivity contribution in [3.63, 3.8) is 0 Å². The van der Waals surface area contributed by atoms with Gasteiger partial charge < -0.3 is 23.7 Å². The van der Waals surface area contributed by atoms with Crippen LogP contribution >= 0.6 is 11.8 Å². The molecular weight excluding hydrogens is 408 g/mol. The van der Waals surface area contributed by atoms with Crippen molar-refractivity contribution in [2.24, 2.45) is 10.2 Å². The number of hydrogen-bond acceptors (Lipinski definition) is 12. The number of thioether (sulfide) groups is 1. The summed E-state index contributed by atoms with van der Waals surface area (Å²) in [5, 5.41) is 7.84. The van der Waals surface area contributed by atoms with Crippen molar-refractivity contribution < 1.29 is 42.9 Å². The Bertz CT molecular complexity index is 692. The highest BCUT2D eigenvalue weighted by molar-refractivity contribution is 7.99. The van der Waals surface area contributed by atoms with Crippen LogP contribution in [0.3, 0.4) is 0 Å². The molecule has 0 aromatic heterocycles. The molecule has 0 unspecified atom stereocenters. The molecule has 0 aliphatic carbocycles. The largest absolute Gasteiger partial charge is 0.463 e. The Morgan fingerprint density at radius 2 is 1.38 bits per heavy atom. The Morgan fingerprint density at radius 1 is 0.862 bits per heavy atom. The minimum Gasteiger partial charge on any atom is -0.463 e. The van der Waals surface area contributed by atoms with Gasteiger partial charge in [0, 0.05) is 33.4 Å². The van der Waals surface area contributed by atoms with Crippen molar-refractivity contribution in [3.05, 3.63) is 0 Å². The molecule has 2 aliphatic heterocycles. The molecule has 11 nitrogen and oxygen atoms in total. The lowest BCUT2D eigenvalue weighted by atomic mass is 9.99. The first-order valence-corrected chi connectivity index (χ1v) is 9.92. The van der Waals surface area contributed by atoms with E-state index in [1.54, 1.807) is 0 Å². The van der Waals surface area contributed by atoms with Gasteiger partial charge in [-0.2, -0.15) is 10.2 Å². The summed E-state index contributed by atoms with van der Waals surface area (Å²) in [7, 11) is 0. The molecule has 0 aromatic carbocycles. The van der Waals surface area contributed by atoms with Crippen LogP contribution < -0.4 is 0 Å². The SMILES string of the molecule is CC(=O)OC[C@H]1O[C@@H](SCC2(C)N=N2)[C@H](OC(C)=O)[C@@H](OC(C)=O)[C@H]1OC(C)=O. The van der Waals surface area contributed by atoms with Crippen LogP contribution in [0, 0.1) is 0 Å². The summed E-state index contributed by atoms with van der Waals surface area (Å²) in [6, 6.07) is 0. The van der Waals surface area contributed by atoms with Crippen molar-refractivity contribution in [2.45, 2.75) is 70.1 Å². The summed E-state index contributed by atoms with van der Waals surface area (Å²) in [5.74, 6) is -2.11. The molecule has 2 rings (SSSR count). The second kappa shape index (κ2) is 9.53. The molecule has 0 radical (unpaired) electrons. The predicted molar refractivity (Wildman–Crippen MR) is 97.7 cm³/mol. The summed E-state index contributed by atoms with van der Waals surface area (Å²) >= 11 is 1.25. The smallest absolute Gasteiger partial charge is 0.303 e. The molecule has 1 saturated heterocycles. The van der Waals surface area contributed by atoms with Gasteiger partial charge in [0.25, 0.3) is 0 Å². The maximum absolute atomic E-state index is 11.7. The van der Waals surface area contributed by atoms with Crippen LogP contribution in [0.15, 0.2) is 10.2 Å². The van der Waals surface area contributed by atoms with Crippen molar-refractivity contribution in [2.75, 3.05) is 12.4 Å². The van der Waals surface area contributed by atoms with Crippen molar-refractivity contribution in [1.82, 2.24) is 0 Å². The highest BCUT2D eigenvalue weighted by Gasteiger charge is 2.53. The van der Waals surface area contributed by atoms with Gasteiger partial charge in [0.05, 0.1) is 0 Å². The molecular formula is C17H24N2O9S. The number of rotatable bonds is 8. The number of esters is 4. The fourth-order valence-corrected chi connectivity index (χ4v) is 3.92. The van der Waals surface area contributed by atoms with Crippen LogP contribution in [0.5, 0.6) is 0 Å². The van der Waals surface area contributed by atoms with Crippen LogP contribution in [0.4, 0.5) is 0 Å². The van der Waals surface area contributed by atoms with Gasteiger partial charge in [-0.3, -0.25) is 19.2 Å². The highest BCUT2D eigenvalue weighted by Crippen LogP contribution is 2.38. The summed E-state index contributed by atoms with van der Waals surface area (Å²) < 4.78 is 27.0. The van der Waals surface area contributed by atoms with Gasteiger partial charge in [0.1, 0.15) is 18.1 Å². The maximum Gasteiger partial charge on any atom is 0.303 e. The first kappa shape index (κ1) is 23.1. The molecule has 0 amide bonds. The molecule has 29 heavy (non-hydrogen) atoms. The van der Waals surface area contributed by atoms with Gasteiger partial charge in [0.15, 0.2) is 24.0 Å². The van der Waals surface area contributed by atoms with E-state index in [-0.39, 0.29) is 6.61 Å². The molecule has 0 N–H and O–H groups in total. The van der Waals surface area contributed by atoms with Crippen molar-refractivity contribution >= 4 is 35.6 Å². The summed E-state index contributed by atoms with van der Waals surface area (Å²) in [4.78, 5) is 46.3. The zero-order chi connectivity index (χ0) is 21.8. The van der Waals surface area contributed by atoms with E-state index in [9.17, 15) is 19.2 Å². The molecule has 0 saturated carbocycles. The lowest BCUT2D eigenvalue weighted by Gasteiger charge is -2.44. The highest BCUT2D eigenvalue weighted by atomic mass is 32.2. The first-order valence-electron chi connectivity index (χ1n) is 8.87. The van der Waals surface area contributed by atoms with E-state index in [4.69, 9.17) is 23.7 Å². The van der Waals surface area contributed by atoms with E-state index in [0.29, 0.717) is 5.75 Å². The van der Waals surface area contributed by atoms with Crippen LogP contribution in [0.1, 0.15) is 34.6 Å². The summed E-state index contributed by atoms with van der Waals surface area (Å²) in [6.07, 6.45) is -4.32. The van der Waals surface area contributed by atoms with E-state index < -0.39 is 59.4 Å². The van der Waals surface area contributed by atoms with E-state index in [1.165, 1.54) is 39.5 Å². The Kier molecular flexibility index (Phi) is 7.58. The Morgan fingerprint density at radius 3 is 1.86 bits per heavy atom. The zero-order valence-corrected chi connectivity index (χ0v) is 17.6. The van der Waals surface area contributed by atoms with Crippen molar-refractivity contribution in [3.8, 4) is 0 Å². The van der Waals surface area contributed by atoms with E-state index in [1.807, 2.05) is 6.92 Å². The van der Waals surface area contributed by atoms with Crippen LogP contribution in [0.2, 0.25) is 0 Å². The third kappa shape index (κ3) is 6.96. The van der Waals surface area contributed by atoms with Gasteiger partial charge >= 0.3 is 23.9 Å². The van der Waals surface area contributed by atoms with E-state index in [2.05, 4.69) is 10.2 Å². The minimum absolute atomic E-state index is 0.249. The average molecular weight is 432 g/mol. The van der Waals surface area contributed by atoms with Gasteiger partial charge in [-0.15, -0.1) is 11.8 Å². The first-order chi connectivity index (χ1) is 13.5. The normalized spacial score (nSPS) is 29.5. The van der Waals surface area contributed by atoms with E-state index in [0.717, 1.165) is 0 Å². The lowest BCUT2D eigenvalue weighted by molar-refractivity contribution is -0.237. The molecule has 5 atom stereocenters. The number of carbonyl (C=O) groups is 4. The fourth-order valence-electron chi connectivity index (χ4n) is 2.71. The topological polar surface area (TPSA) is 139 Å². The standard InChI is InChI=1S/C17H24N2O9S/c1-8(20)24-6-12-13(25-9(2)21)14(26-10(3)22)15(27-11(4)23)16(28-12)29-7-17(5)18-19-17/h12-16H,6-7H2,1-5H3/t12-,13+,14+,15-,16+/m1/s1. The minimum atomic E-state index is -1.16. The van der Waals surface area contributed by atoms with Gasteiger partial charge in [0.2, 0.25) is 0 Å². The summed E-state index contributed by atoms with van der Waals surface area (Å²) in [6.45, 7) is 6.33. The Labute approximate surface area is 171 Å². The molecule has 12 heteroatoms. The molecule has 0 aromatic rings.